The second kappa shape index (κ2) is 8.78. The first-order chi connectivity index (χ1) is 15.9. The molecule has 2 aromatic heterocycles. The lowest BCUT2D eigenvalue weighted by atomic mass is 9.92. The average molecular weight is 472 g/mol. The lowest BCUT2D eigenvalue weighted by Gasteiger charge is -2.38. The van der Waals surface area contributed by atoms with E-state index < -0.39 is 5.82 Å². The number of fused-ring (bicyclic) bond motifs is 2. The van der Waals surface area contributed by atoms with Gasteiger partial charge in [-0.2, -0.15) is 4.98 Å². The summed E-state index contributed by atoms with van der Waals surface area (Å²) in [5.41, 5.74) is 0.978. The first-order valence-electron chi connectivity index (χ1n) is 11.3. The summed E-state index contributed by atoms with van der Waals surface area (Å²) in [5, 5.41) is 8.24. The molecule has 1 unspecified atom stereocenters. The van der Waals surface area contributed by atoms with Gasteiger partial charge in [0.25, 0.3) is 0 Å². The molecule has 174 valence electrons. The zero-order chi connectivity index (χ0) is 23.1. The van der Waals surface area contributed by atoms with Crippen LogP contribution in [-0.2, 0) is 0 Å². The molecule has 3 atom stereocenters. The van der Waals surface area contributed by atoms with Crippen molar-refractivity contribution in [1.82, 2.24) is 24.7 Å². The number of hydrogen-bond acceptors (Lipinski definition) is 7. The lowest BCUT2D eigenvalue weighted by molar-refractivity contribution is 0.373. The van der Waals surface area contributed by atoms with Crippen LogP contribution in [-0.4, -0.2) is 43.9 Å². The number of ether oxygens (including phenoxy) is 1. The molecule has 0 spiro atoms. The Kier molecular flexibility index (Phi) is 5.82. The Morgan fingerprint density at radius 2 is 1.91 bits per heavy atom. The van der Waals surface area contributed by atoms with Crippen molar-refractivity contribution >= 4 is 23.4 Å². The van der Waals surface area contributed by atoms with Crippen LogP contribution >= 0.6 is 11.6 Å². The van der Waals surface area contributed by atoms with Crippen molar-refractivity contribution in [2.24, 2.45) is 11.8 Å². The van der Waals surface area contributed by atoms with Gasteiger partial charge in [-0.1, -0.05) is 11.6 Å². The molecule has 8 nitrogen and oxygen atoms in total. The standard InChI is InChI=1S/C23H27ClFN7O/c1-13(2)32-23(33-17-6-7-19(25)18(24)9-17)29-22(30-32)28-21-15-4-5-16(21)11-31(10-15)20-8-14(3)26-12-27-20/h6-9,12-13,15-16,21H,4-5,10-11H2,1-3H3,(H,28,30)/t15-,16+,21?. The SMILES string of the molecule is Cc1cc(N2C[C@H]3CC[C@@H](C2)C3Nc2nc(Oc3ccc(F)c(Cl)c3)n(C(C)C)n2)ncn1. The second-order valence-electron chi connectivity index (χ2n) is 9.12. The molecule has 1 saturated carbocycles. The van der Waals surface area contributed by atoms with Crippen molar-refractivity contribution in [2.75, 3.05) is 23.3 Å². The third kappa shape index (κ3) is 4.46. The molecule has 1 aliphatic heterocycles. The number of benzene rings is 1. The van der Waals surface area contributed by atoms with Gasteiger partial charge in [-0.25, -0.2) is 19.0 Å². The van der Waals surface area contributed by atoms with Crippen LogP contribution in [0, 0.1) is 24.6 Å². The summed E-state index contributed by atoms with van der Waals surface area (Å²) in [6.07, 6.45) is 3.95. The van der Waals surface area contributed by atoms with Crippen molar-refractivity contribution in [3.05, 3.63) is 47.1 Å². The van der Waals surface area contributed by atoms with Crippen molar-refractivity contribution in [3.8, 4) is 11.8 Å². The Morgan fingerprint density at radius 1 is 1.15 bits per heavy atom. The molecule has 33 heavy (non-hydrogen) atoms. The van der Waals surface area contributed by atoms with Gasteiger partial charge in [-0.05, 0) is 57.6 Å². The molecule has 1 N–H and O–H groups in total. The summed E-state index contributed by atoms with van der Waals surface area (Å²) in [6, 6.07) is 6.96. The summed E-state index contributed by atoms with van der Waals surface area (Å²) in [5.74, 6) is 2.41. The van der Waals surface area contributed by atoms with E-state index in [4.69, 9.17) is 16.3 Å². The predicted octanol–water partition coefficient (Wildman–Crippen LogP) is 4.87. The number of piperidine rings is 1. The molecule has 0 amide bonds. The fraction of sp³-hybridized carbons (Fsp3) is 0.478. The molecule has 3 heterocycles. The number of aryl methyl sites for hydroxylation is 1. The highest BCUT2D eigenvalue weighted by Gasteiger charge is 2.43. The van der Waals surface area contributed by atoms with E-state index in [2.05, 4.69) is 30.3 Å². The summed E-state index contributed by atoms with van der Waals surface area (Å²) < 4.78 is 21.1. The minimum atomic E-state index is -0.490. The smallest absolute Gasteiger partial charge is 0.322 e. The van der Waals surface area contributed by atoms with Gasteiger partial charge in [0.1, 0.15) is 23.7 Å². The Bertz CT molecular complexity index is 1140. The zero-order valence-corrected chi connectivity index (χ0v) is 19.6. The number of anilines is 2. The minimum Gasteiger partial charge on any atom is -0.424 e. The fourth-order valence-corrected chi connectivity index (χ4v) is 5.00. The maximum atomic E-state index is 13.5. The summed E-state index contributed by atoms with van der Waals surface area (Å²) in [7, 11) is 0. The normalized spacial score (nSPS) is 22.1. The fourth-order valence-electron chi connectivity index (χ4n) is 4.83. The number of nitrogens with zero attached hydrogens (tertiary/aromatic N) is 6. The molecule has 2 bridgehead atoms. The third-order valence-electron chi connectivity index (χ3n) is 6.43. The van der Waals surface area contributed by atoms with Gasteiger partial charge < -0.3 is 15.0 Å². The Hall–Kier alpha value is -2.94. The van der Waals surface area contributed by atoms with Crippen LogP contribution in [0.4, 0.5) is 16.2 Å². The zero-order valence-electron chi connectivity index (χ0n) is 18.9. The minimum absolute atomic E-state index is 0.00340. The monoisotopic (exact) mass is 471 g/mol. The molecule has 1 aromatic carbocycles. The summed E-state index contributed by atoms with van der Waals surface area (Å²) in [6.45, 7) is 7.88. The number of halogens is 2. The molecule has 2 fully saturated rings. The predicted molar refractivity (Wildman–Crippen MR) is 124 cm³/mol. The van der Waals surface area contributed by atoms with Gasteiger partial charge >= 0.3 is 6.01 Å². The Labute approximate surface area is 197 Å². The largest absolute Gasteiger partial charge is 0.424 e. The van der Waals surface area contributed by atoms with Crippen LogP contribution in [0.25, 0.3) is 0 Å². The number of rotatable bonds is 6. The highest BCUT2D eigenvalue weighted by molar-refractivity contribution is 6.30. The number of aromatic nitrogens is 5. The topological polar surface area (TPSA) is 81.0 Å². The van der Waals surface area contributed by atoms with Crippen LogP contribution in [0.3, 0.4) is 0 Å². The van der Waals surface area contributed by atoms with E-state index in [0.29, 0.717) is 35.6 Å². The first-order valence-corrected chi connectivity index (χ1v) is 11.6. The highest BCUT2D eigenvalue weighted by atomic mass is 35.5. The van der Waals surface area contributed by atoms with E-state index in [1.165, 1.54) is 18.2 Å². The number of nitrogens with one attached hydrogen (secondary N) is 1. The van der Waals surface area contributed by atoms with E-state index in [1.54, 1.807) is 11.0 Å². The van der Waals surface area contributed by atoms with Crippen molar-refractivity contribution in [1.29, 1.82) is 0 Å². The molecule has 5 rings (SSSR count). The molecular weight excluding hydrogens is 445 g/mol. The van der Waals surface area contributed by atoms with Crippen LogP contribution in [0.1, 0.15) is 38.4 Å². The van der Waals surface area contributed by atoms with Gasteiger partial charge in [0, 0.05) is 37.0 Å². The maximum Gasteiger partial charge on any atom is 0.322 e. The Balaban J connectivity index is 1.32. The highest BCUT2D eigenvalue weighted by Crippen LogP contribution is 2.40. The van der Waals surface area contributed by atoms with Crippen molar-refractivity contribution in [3.63, 3.8) is 0 Å². The van der Waals surface area contributed by atoms with Gasteiger partial charge in [0.15, 0.2) is 0 Å². The molecule has 0 radical (unpaired) electrons. The molecule has 1 aliphatic carbocycles. The van der Waals surface area contributed by atoms with E-state index in [9.17, 15) is 4.39 Å². The molecule has 3 aromatic rings. The average Bonchev–Trinajstić information content (AvgIpc) is 3.27. The quantitative estimate of drug-likeness (QED) is 0.549. The lowest BCUT2D eigenvalue weighted by Crippen LogP contribution is -2.48. The van der Waals surface area contributed by atoms with Crippen molar-refractivity contribution in [2.45, 2.75) is 45.7 Å². The maximum absolute atomic E-state index is 13.5. The van der Waals surface area contributed by atoms with Crippen LogP contribution < -0.4 is 15.0 Å². The van der Waals surface area contributed by atoms with Crippen molar-refractivity contribution < 1.29 is 9.13 Å². The molecular formula is C23H27ClFN7O. The summed E-state index contributed by atoms with van der Waals surface area (Å²) >= 11 is 5.90. The van der Waals surface area contributed by atoms with E-state index in [1.807, 2.05) is 26.8 Å². The molecule has 10 heteroatoms. The van der Waals surface area contributed by atoms with Gasteiger partial charge in [0.2, 0.25) is 5.95 Å². The first kappa shape index (κ1) is 21.9. The second-order valence-corrected chi connectivity index (χ2v) is 9.53. The van der Waals surface area contributed by atoms with Crippen LogP contribution in [0.15, 0.2) is 30.6 Å². The summed E-state index contributed by atoms with van der Waals surface area (Å²) in [4.78, 5) is 15.7. The Morgan fingerprint density at radius 3 is 2.58 bits per heavy atom. The van der Waals surface area contributed by atoms with E-state index >= 15 is 0 Å². The molecule has 2 aliphatic rings. The van der Waals surface area contributed by atoms with Crippen LogP contribution in [0.2, 0.25) is 5.02 Å². The van der Waals surface area contributed by atoms with Gasteiger partial charge in [-0.15, -0.1) is 5.10 Å². The van der Waals surface area contributed by atoms with E-state index in [-0.39, 0.29) is 11.1 Å². The van der Waals surface area contributed by atoms with Gasteiger partial charge in [-0.3, -0.25) is 0 Å². The third-order valence-corrected chi connectivity index (χ3v) is 6.72. The van der Waals surface area contributed by atoms with E-state index in [0.717, 1.165) is 37.4 Å². The van der Waals surface area contributed by atoms with Gasteiger partial charge in [0.05, 0.1) is 11.1 Å². The number of hydrogen-bond donors (Lipinski definition) is 1. The van der Waals surface area contributed by atoms with Crippen LogP contribution in [0.5, 0.6) is 11.8 Å². The molecule has 1 saturated heterocycles.